The third-order valence-electron chi connectivity index (χ3n) is 3.23. The largest absolute Gasteiger partial charge is 0.497 e. The Labute approximate surface area is 119 Å². The molecule has 1 aromatic carbocycles. The Morgan fingerprint density at radius 1 is 1.53 bits per heavy atom. The zero-order valence-electron chi connectivity index (χ0n) is 11.7. The van der Waals surface area contributed by atoms with Gasteiger partial charge in [-0.1, -0.05) is 6.07 Å². The molecule has 1 unspecified atom stereocenters. The lowest BCUT2D eigenvalue weighted by Crippen LogP contribution is -2.51. The summed E-state index contributed by atoms with van der Waals surface area (Å²) in [5.41, 5.74) is 4.77. The van der Waals surface area contributed by atoms with Crippen molar-refractivity contribution in [3.8, 4) is 5.75 Å². The Hall–Kier alpha value is -1.20. The van der Waals surface area contributed by atoms with Gasteiger partial charge in [0.15, 0.2) is 0 Å². The number of hydrogen-bond acceptors (Lipinski definition) is 4. The Morgan fingerprint density at radius 2 is 2.26 bits per heavy atom. The zero-order valence-corrected chi connectivity index (χ0v) is 12.5. The number of nitrogens with one attached hydrogen (secondary N) is 1. The molecule has 0 heterocycles. The number of methoxy groups -OCH3 is 1. The fourth-order valence-corrected chi connectivity index (χ4v) is 2.58. The van der Waals surface area contributed by atoms with Gasteiger partial charge in [-0.3, -0.25) is 4.79 Å². The van der Waals surface area contributed by atoms with Gasteiger partial charge in [-0.2, -0.15) is 0 Å². The third-order valence-corrected chi connectivity index (χ3v) is 4.31. The van der Waals surface area contributed by atoms with Crippen LogP contribution in [0.2, 0.25) is 0 Å². The van der Waals surface area contributed by atoms with E-state index in [0.717, 1.165) is 24.3 Å². The van der Waals surface area contributed by atoms with Gasteiger partial charge in [-0.05, 0) is 50.8 Å². The van der Waals surface area contributed by atoms with E-state index < -0.39 is 5.54 Å². The average Bonchev–Trinajstić information content (AvgIpc) is 2.43. The number of ether oxygens (including phenoxy) is 1. The van der Waals surface area contributed by atoms with Crippen LogP contribution in [0.3, 0.4) is 0 Å². The number of carbonyl (C=O) groups is 1. The molecule has 1 aromatic rings. The Balaban J connectivity index is 2.40. The van der Waals surface area contributed by atoms with Crippen LogP contribution in [0, 0.1) is 0 Å². The summed E-state index contributed by atoms with van der Waals surface area (Å²) in [4.78, 5) is 12.5. The molecule has 1 rings (SSSR count). The molecule has 0 aliphatic heterocycles. The number of thioether (sulfide) groups is 1. The first-order valence-corrected chi connectivity index (χ1v) is 7.26. The SMILES string of the molecule is CNC(C)(CCCSc1cccc(OC)c1)C(N)=O. The summed E-state index contributed by atoms with van der Waals surface area (Å²) in [6, 6.07) is 7.96. The van der Waals surface area contributed by atoms with Crippen molar-refractivity contribution in [2.75, 3.05) is 19.9 Å². The molecule has 4 nitrogen and oxygen atoms in total. The fourth-order valence-electron chi connectivity index (χ4n) is 1.68. The van der Waals surface area contributed by atoms with Crippen molar-refractivity contribution in [2.45, 2.75) is 30.2 Å². The van der Waals surface area contributed by atoms with Gasteiger partial charge < -0.3 is 15.8 Å². The van der Waals surface area contributed by atoms with Crippen LogP contribution < -0.4 is 15.8 Å². The molecule has 0 radical (unpaired) electrons. The van der Waals surface area contributed by atoms with Crippen LogP contribution in [0.4, 0.5) is 0 Å². The maximum absolute atomic E-state index is 11.3. The molecule has 0 saturated carbocycles. The monoisotopic (exact) mass is 282 g/mol. The van der Waals surface area contributed by atoms with E-state index >= 15 is 0 Å². The van der Waals surface area contributed by atoms with E-state index in [2.05, 4.69) is 11.4 Å². The van der Waals surface area contributed by atoms with Gasteiger partial charge in [0.2, 0.25) is 5.91 Å². The summed E-state index contributed by atoms with van der Waals surface area (Å²) in [5, 5.41) is 2.99. The first-order chi connectivity index (χ1) is 9.01. The molecule has 0 saturated heterocycles. The molecule has 0 fully saturated rings. The summed E-state index contributed by atoms with van der Waals surface area (Å²) < 4.78 is 5.18. The van der Waals surface area contributed by atoms with Gasteiger partial charge >= 0.3 is 0 Å². The van der Waals surface area contributed by atoms with E-state index in [1.807, 2.05) is 25.1 Å². The lowest BCUT2D eigenvalue weighted by molar-refractivity contribution is -0.123. The predicted octanol–water partition coefficient (Wildman–Crippen LogP) is 2.03. The molecule has 5 heteroatoms. The summed E-state index contributed by atoms with van der Waals surface area (Å²) in [5.74, 6) is 1.50. The van der Waals surface area contributed by atoms with Crippen LogP contribution in [-0.2, 0) is 4.79 Å². The first-order valence-electron chi connectivity index (χ1n) is 6.27. The maximum atomic E-state index is 11.3. The van der Waals surface area contributed by atoms with E-state index in [-0.39, 0.29) is 5.91 Å². The van der Waals surface area contributed by atoms with E-state index in [4.69, 9.17) is 10.5 Å². The van der Waals surface area contributed by atoms with E-state index in [9.17, 15) is 4.79 Å². The lowest BCUT2D eigenvalue weighted by atomic mass is 9.96. The number of amides is 1. The highest BCUT2D eigenvalue weighted by molar-refractivity contribution is 7.99. The minimum Gasteiger partial charge on any atom is -0.497 e. The predicted molar refractivity (Wildman–Crippen MR) is 79.6 cm³/mol. The molecular formula is C14H22N2O2S. The van der Waals surface area contributed by atoms with Crippen molar-refractivity contribution in [1.82, 2.24) is 5.32 Å². The van der Waals surface area contributed by atoms with Crippen LogP contribution in [0.15, 0.2) is 29.2 Å². The average molecular weight is 282 g/mol. The van der Waals surface area contributed by atoms with Crippen LogP contribution in [-0.4, -0.2) is 31.4 Å². The van der Waals surface area contributed by atoms with Crippen molar-refractivity contribution in [2.24, 2.45) is 5.73 Å². The Morgan fingerprint density at radius 3 is 2.84 bits per heavy atom. The molecule has 3 N–H and O–H groups in total. The smallest absolute Gasteiger partial charge is 0.237 e. The Kier molecular flexibility index (Phi) is 6.18. The Bertz CT molecular complexity index is 426. The van der Waals surface area contributed by atoms with Crippen molar-refractivity contribution in [3.05, 3.63) is 24.3 Å². The van der Waals surface area contributed by atoms with Crippen molar-refractivity contribution >= 4 is 17.7 Å². The van der Waals surface area contributed by atoms with Crippen molar-refractivity contribution in [1.29, 1.82) is 0 Å². The fraction of sp³-hybridized carbons (Fsp3) is 0.500. The van der Waals surface area contributed by atoms with Crippen LogP contribution in [0.1, 0.15) is 19.8 Å². The van der Waals surface area contributed by atoms with E-state index in [0.29, 0.717) is 0 Å². The molecule has 1 amide bonds. The van der Waals surface area contributed by atoms with Crippen LogP contribution in [0.25, 0.3) is 0 Å². The van der Waals surface area contributed by atoms with E-state index in [1.54, 1.807) is 25.9 Å². The second-order valence-electron chi connectivity index (χ2n) is 4.58. The first kappa shape index (κ1) is 15.9. The number of nitrogens with two attached hydrogens (primary N) is 1. The highest BCUT2D eigenvalue weighted by atomic mass is 32.2. The molecule has 1 atom stereocenters. The second kappa shape index (κ2) is 7.40. The number of carbonyl (C=O) groups excluding carboxylic acids is 1. The molecule has 106 valence electrons. The van der Waals surface area contributed by atoms with Crippen molar-refractivity contribution in [3.63, 3.8) is 0 Å². The topological polar surface area (TPSA) is 64.3 Å². The van der Waals surface area contributed by atoms with Gasteiger partial charge in [0, 0.05) is 4.90 Å². The number of likely N-dealkylation sites (N-methyl/N-ethyl adjacent to an activating group) is 1. The number of primary amides is 1. The third kappa shape index (κ3) is 4.76. The summed E-state index contributed by atoms with van der Waals surface area (Å²) in [6.45, 7) is 1.84. The second-order valence-corrected chi connectivity index (χ2v) is 5.75. The van der Waals surface area contributed by atoms with Gasteiger partial charge in [-0.15, -0.1) is 11.8 Å². The highest BCUT2D eigenvalue weighted by Gasteiger charge is 2.27. The zero-order chi connectivity index (χ0) is 14.3. The molecular weight excluding hydrogens is 260 g/mol. The number of benzene rings is 1. The molecule has 0 bridgehead atoms. The molecule has 0 aromatic heterocycles. The summed E-state index contributed by atoms with van der Waals surface area (Å²) in [6.07, 6.45) is 1.65. The normalized spacial score (nSPS) is 13.8. The van der Waals surface area contributed by atoms with Crippen LogP contribution >= 0.6 is 11.8 Å². The van der Waals surface area contributed by atoms with E-state index in [1.165, 1.54) is 4.90 Å². The van der Waals surface area contributed by atoms with Crippen molar-refractivity contribution < 1.29 is 9.53 Å². The lowest BCUT2D eigenvalue weighted by Gasteiger charge is -2.25. The quantitative estimate of drug-likeness (QED) is 0.565. The summed E-state index contributed by atoms with van der Waals surface area (Å²) in [7, 11) is 3.43. The summed E-state index contributed by atoms with van der Waals surface area (Å²) >= 11 is 1.75. The number of rotatable bonds is 8. The van der Waals surface area contributed by atoms with Gasteiger partial charge in [-0.25, -0.2) is 0 Å². The molecule has 0 aliphatic carbocycles. The molecule has 0 aliphatic rings. The molecule has 19 heavy (non-hydrogen) atoms. The minimum absolute atomic E-state index is 0.304. The maximum Gasteiger partial charge on any atom is 0.237 e. The minimum atomic E-state index is -0.616. The van der Waals surface area contributed by atoms with Gasteiger partial charge in [0.25, 0.3) is 0 Å². The van der Waals surface area contributed by atoms with Gasteiger partial charge in [0.05, 0.1) is 12.6 Å². The number of hydrogen-bond donors (Lipinski definition) is 2. The van der Waals surface area contributed by atoms with Gasteiger partial charge in [0.1, 0.15) is 5.75 Å². The molecule has 0 spiro atoms. The highest BCUT2D eigenvalue weighted by Crippen LogP contribution is 2.24. The van der Waals surface area contributed by atoms with Crippen LogP contribution in [0.5, 0.6) is 5.75 Å². The standard InChI is InChI=1S/C14H22N2O2S/c1-14(16-2,13(15)17)8-5-9-19-12-7-4-6-11(10-12)18-3/h4,6-7,10,16H,5,8-9H2,1-3H3,(H2,15,17).